The third-order valence-corrected chi connectivity index (χ3v) is 5.64. The number of hydrogen-bond donors (Lipinski definition) is 3. The first-order chi connectivity index (χ1) is 14.0. The number of nitrogens with zero attached hydrogens (tertiary/aromatic N) is 1. The average Bonchev–Trinajstić information content (AvgIpc) is 2.75. The second kappa shape index (κ2) is 11.7. The van der Waals surface area contributed by atoms with Crippen molar-refractivity contribution >= 4 is 24.0 Å². The van der Waals surface area contributed by atoms with Gasteiger partial charge in [-0.25, -0.2) is 5.43 Å². The van der Waals surface area contributed by atoms with Crippen molar-refractivity contribution in [3.05, 3.63) is 12.2 Å². The summed E-state index contributed by atoms with van der Waals surface area (Å²) in [7, 11) is 0. The molecule has 1 saturated carbocycles. The van der Waals surface area contributed by atoms with Crippen LogP contribution in [0.1, 0.15) is 65.2 Å². The van der Waals surface area contributed by atoms with Crippen LogP contribution in [0.15, 0.2) is 12.2 Å². The third kappa shape index (κ3) is 6.96. The molecule has 3 amide bonds. The van der Waals surface area contributed by atoms with Gasteiger partial charge in [-0.3, -0.25) is 19.4 Å². The number of aldehydes is 1. The largest absolute Gasteiger partial charge is 0.344 e. The smallest absolute Gasteiger partial charge is 0.258 e. The molecular weight excluding hydrogens is 372 g/mol. The second-order valence-electron chi connectivity index (χ2n) is 7.95. The Bertz CT molecular complexity index is 616. The Morgan fingerprint density at radius 1 is 1.10 bits per heavy atom. The standard InChI is InChI=1S/C21H34N4O4/c1-3-4-12-18(27)23-19(16-9-6-5-7-10-16)20(28)22-15(2)21(29)25-13-8-11-17(14-26)24-25/h3-4,14-17,19,24H,5-13H2,1-2H3,(H,22,28)(H,23,27)/b4-3+/t15-,17-,19-/m0/s1. The molecule has 1 saturated heterocycles. The van der Waals surface area contributed by atoms with E-state index in [9.17, 15) is 19.2 Å². The molecule has 8 nitrogen and oxygen atoms in total. The lowest BCUT2D eigenvalue weighted by molar-refractivity contribution is -0.142. The number of nitrogens with one attached hydrogen (secondary N) is 3. The van der Waals surface area contributed by atoms with Crippen molar-refractivity contribution in [2.45, 2.75) is 83.3 Å². The van der Waals surface area contributed by atoms with E-state index < -0.39 is 12.1 Å². The van der Waals surface area contributed by atoms with Crippen molar-refractivity contribution in [2.24, 2.45) is 5.92 Å². The molecular formula is C21H34N4O4. The number of hydrogen-bond acceptors (Lipinski definition) is 5. The van der Waals surface area contributed by atoms with E-state index in [0.29, 0.717) is 13.0 Å². The molecule has 2 rings (SSSR count). The first-order valence-corrected chi connectivity index (χ1v) is 10.7. The number of amides is 3. The summed E-state index contributed by atoms with van der Waals surface area (Å²) in [5.74, 6) is -0.726. The number of allylic oxidation sites excluding steroid dienone is 1. The summed E-state index contributed by atoms with van der Waals surface area (Å²) in [6.07, 6.45) is 11.0. The molecule has 0 aromatic carbocycles. The van der Waals surface area contributed by atoms with Crippen molar-refractivity contribution < 1.29 is 19.2 Å². The zero-order valence-electron chi connectivity index (χ0n) is 17.5. The van der Waals surface area contributed by atoms with Crippen LogP contribution in [-0.4, -0.2) is 53.7 Å². The van der Waals surface area contributed by atoms with Crippen molar-refractivity contribution in [2.75, 3.05) is 6.54 Å². The van der Waals surface area contributed by atoms with Gasteiger partial charge in [-0.05, 0) is 45.4 Å². The van der Waals surface area contributed by atoms with Gasteiger partial charge in [-0.15, -0.1) is 0 Å². The van der Waals surface area contributed by atoms with E-state index in [1.54, 1.807) is 19.1 Å². The van der Waals surface area contributed by atoms with E-state index in [0.717, 1.165) is 44.8 Å². The summed E-state index contributed by atoms with van der Waals surface area (Å²) in [5.41, 5.74) is 2.89. The number of rotatable bonds is 8. The minimum atomic E-state index is -0.751. The van der Waals surface area contributed by atoms with Crippen LogP contribution in [-0.2, 0) is 19.2 Å². The van der Waals surface area contributed by atoms with Gasteiger partial charge in [0.2, 0.25) is 11.8 Å². The van der Waals surface area contributed by atoms with Gasteiger partial charge in [0.1, 0.15) is 18.4 Å². The maximum Gasteiger partial charge on any atom is 0.258 e. The van der Waals surface area contributed by atoms with Crippen LogP contribution < -0.4 is 16.1 Å². The number of carbonyl (C=O) groups excluding carboxylic acids is 4. The number of carbonyl (C=O) groups is 4. The molecule has 8 heteroatoms. The van der Waals surface area contributed by atoms with E-state index in [2.05, 4.69) is 16.1 Å². The van der Waals surface area contributed by atoms with E-state index >= 15 is 0 Å². The van der Waals surface area contributed by atoms with Crippen LogP contribution in [0.2, 0.25) is 0 Å². The summed E-state index contributed by atoms with van der Waals surface area (Å²) in [6, 6.07) is -1.77. The molecule has 0 radical (unpaired) electrons. The molecule has 3 N–H and O–H groups in total. The summed E-state index contributed by atoms with van der Waals surface area (Å²) in [4.78, 5) is 48.9. The first kappa shape index (κ1) is 23.1. The molecule has 2 aliphatic rings. The highest BCUT2D eigenvalue weighted by Crippen LogP contribution is 2.27. The Balaban J connectivity index is 2.00. The third-order valence-electron chi connectivity index (χ3n) is 5.64. The topological polar surface area (TPSA) is 108 Å². The van der Waals surface area contributed by atoms with Gasteiger partial charge in [-0.1, -0.05) is 31.4 Å². The fourth-order valence-electron chi connectivity index (χ4n) is 3.99. The summed E-state index contributed by atoms with van der Waals surface area (Å²) in [6.45, 7) is 3.97. The molecule has 29 heavy (non-hydrogen) atoms. The summed E-state index contributed by atoms with van der Waals surface area (Å²) < 4.78 is 0. The van der Waals surface area contributed by atoms with Crippen molar-refractivity contribution in [3.63, 3.8) is 0 Å². The normalized spacial score (nSPS) is 22.7. The van der Waals surface area contributed by atoms with Gasteiger partial charge in [0.25, 0.3) is 5.91 Å². The maximum absolute atomic E-state index is 13.0. The van der Waals surface area contributed by atoms with Crippen LogP contribution in [0.4, 0.5) is 0 Å². The monoisotopic (exact) mass is 406 g/mol. The van der Waals surface area contributed by atoms with Crippen LogP contribution in [0, 0.1) is 5.92 Å². The molecule has 0 aromatic rings. The Labute approximate surface area is 172 Å². The van der Waals surface area contributed by atoms with Crippen molar-refractivity contribution in [1.82, 2.24) is 21.1 Å². The molecule has 3 atom stereocenters. The van der Waals surface area contributed by atoms with Gasteiger partial charge in [0.05, 0.1) is 6.04 Å². The van der Waals surface area contributed by atoms with E-state index in [1.165, 1.54) is 5.01 Å². The minimum Gasteiger partial charge on any atom is -0.344 e. The lowest BCUT2D eigenvalue weighted by Gasteiger charge is -2.34. The molecule has 0 aromatic heterocycles. The Morgan fingerprint density at radius 2 is 1.83 bits per heavy atom. The highest BCUT2D eigenvalue weighted by Gasteiger charge is 2.33. The van der Waals surface area contributed by atoms with Gasteiger partial charge >= 0.3 is 0 Å². The summed E-state index contributed by atoms with van der Waals surface area (Å²) >= 11 is 0. The molecule has 0 unspecified atom stereocenters. The molecule has 1 heterocycles. The predicted molar refractivity (Wildman–Crippen MR) is 109 cm³/mol. The Kier molecular flexibility index (Phi) is 9.31. The highest BCUT2D eigenvalue weighted by atomic mass is 16.2. The molecule has 0 bridgehead atoms. The minimum absolute atomic E-state index is 0.0770. The van der Waals surface area contributed by atoms with E-state index in [1.807, 2.05) is 6.92 Å². The Hall–Kier alpha value is -2.22. The van der Waals surface area contributed by atoms with Gasteiger partial charge in [0.15, 0.2) is 0 Å². The van der Waals surface area contributed by atoms with Gasteiger partial charge in [0, 0.05) is 13.0 Å². The first-order valence-electron chi connectivity index (χ1n) is 10.7. The van der Waals surface area contributed by atoms with Gasteiger partial charge in [-0.2, -0.15) is 0 Å². The molecule has 1 aliphatic carbocycles. The molecule has 0 spiro atoms. The predicted octanol–water partition coefficient (Wildman–Crippen LogP) is 1.22. The van der Waals surface area contributed by atoms with Crippen LogP contribution >= 0.6 is 0 Å². The lowest BCUT2D eigenvalue weighted by Crippen LogP contribution is -2.60. The second-order valence-corrected chi connectivity index (χ2v) is 7.95. The number of hydrazine groups is 1. The quantitative estimate of drug-likeness (QED) is 0.415. The van der Waals surface area contributed by atoms with Gasteiger partial charge < -0.3 is 15.4 Å². The van der Waals surface area contributed by atoms with Crippen LogP contribution in [0.3, 0.4) is 0 Å². The van der Waals surface area contributed by atoms with Crippen molar-refractivity contribution in [3.8, 4) is 0 Å². The van der Waals surface area contributed by atoms with E-state index in [-0.39, 0.29) is 36.1 Å². The fraction of sp³-hybridized carbons (Fsp3) is 0.714. The van der Waals surface area contributed by atoms with E-state index in [4.69, 9.17) is 0 Å². The fourth-order valence-corrected chi connectivity index (χ4v) is 3.99. The van der Waals surface area contributed by atoms with Crippen LogP contribution in [0.25, 0.3) is 0 Å². The molecule has 162 valence electrons. The average molecular weight is 407 g/mol. The van der Waals surface area contributed by atoms with Crippen LogP contribution in [0.5, 0.6) is 0 Å². The summed E-state index contributed by atoms with van der Waals surface area (Å²) in [5, 5.41) is 7.06. The molecule has 2 fully saturated rings. The molecule has 1 aliphatic heterocycles. The highest BCUT2D eigenvalue weighted by molar-refractivity contribution is 5.92. The maximum atomic E-state index is 13.0. The zero-order valence-corrected chi connectivity index (χ0v) is 17.5. The Morgan fingerprint density at radius 3 is 2.48 bits per heavy atom. The lowest BCUT2D eigenvalue weighted by atomic mass is 9.83. The zero-order chi connectivity index (χ0) is 21.2. The van der Waals surface area contributed by atoms with Crippen molar-refractivity contribution in [1.29, 1.82) is 0 Å². The SMILES string of the molecule is C/C=C/CC(=O)N[C@H](C(=O)N[C@@H](C)C(=O)N1CCC[C@@H](C=O)N1)C1CCCCC1.